The molecule has 0 aliphatic heterocycles. The van der Waals surface area contributed by atoms with Crippen LogP contribution in [0, 0.1) is 34.0 Å². The van der Waals surface area contributed by atoms with Crippen LogP contribution < -0.4 is 0 Å². The third kappa shape index (κ3) is 1.93. The van der Waals surface area contributed by atoms with Gasteiger partial charge in [-0.3, -0.25) is 0 Å². The molecule has 1 spiro atoms. The third-order valence-corrected chi connectivity index (χ3v) is 8.82. The highest BCUT2D eigenvalue weighted by atomic mass is 16.7. The summed E-state index contributed by atoms with van der Waals surface area (Å²) in [6.45, 7) is 8.64. The number of fused-ring (bicyclic) bond motifs is 3. The maximum absolute atomic E-state index is 10.1. The minimum absolute atomic E-state index is 0.111. The van der Waals surface area contributed by atoms with Crippen molar-refractivity contribution in [2.75, 3.05) is 0 Å². The van der Waals surface area contributed by atoms with E-state index in [4.69, 9.17) is 0 Å². The summed E-state index contributed by atoms with van der Waals surface area (Å²) in [6.07, 6.45) is 10.0. The van der Waals surface area contributed by atoms with Gasteiger partial charge < -0.3 is 15.3 Å². The summed E-state index contributed by atoms with van der Waals surface area (Å²) < 4.78 is 0. The number of hydrogen-bond acceptors (Lipinski definition) is 3. The van der Waals surface area contributed by atoms with Crippen LogP contribution in [-0.2, 0) is 0 Å². The van der Waals surface area contributed by atoms with Crippen LogP contribution in [0.25, 0.3) is 0 Å². The van der Waals surface area contributed by atoms with Crippen molar-refractivity contribution in [1.29, 1.82) is 0 Å². The quantitative estimate of drug-likeness (QED) is 0.511. The first-order valence-corrected chi connectivity index (χ1v) is 9.47. The van der Waals surface area contributed by atoms with Gasteiger partial charge in [-0.1, -0.05) is 32.4 Å². The molecule has 3 heteroatoms. The molecule has 130 valence electrons. The molecule has 4 rings (SSSR count). The molecule has 0 aromatic heterocycles. The lowest BCUT2D eigenvalue weighted by Gasteiger charge is -2.65. The topological polar surface area (TPSA) is 60.7 Å². The van der Waals surface area contributed by atoms with Crippen LogP contribution in [0.4, 0.5) is 0 Å². The van der Waals surface area contributed by atoms with Gasteiger partial charge in [-0.2, -0.15) is 0 Å². The molecule has 0 unspecified atom stereocenters. The number of allylic oxidation sites excluding steroid dienone is 1. The van der Waals surface area contributed by atoms with Gasteiger partial charge in [0.15, 0.2) is 0 Å². The van der Waals surface area contributed by atoms with Crippen molar-refractivity contribution >= 4 is 0 Å². The van der Waals surface area contributed by atoms with Crippen LogP contribution in [0.5, 0.6) is 0 Å². The Hall–Kier alpha value is -0.380. The highest BCUT2D eigenvalue weighted by Crippen LogP contribution is 2.72. The zero-order valence-corrected chi connectivity index (χ0v) is 14.6. The number of aliphatic hydroxyl groups is 3. The number of hydrogen-bond donors (Lipinski definition) is 3. The Bertz CT molecular complexity index is 535. The van der Waals surface area contributed by atoms with E-state index >= 15 is 0 Å². The van der Waals surface area contributed by atoms with Crippen LogP contribution in [-0.4, -0.2) is 21.3 Å². The van der Waals surface area contributed by atoms with Crippen molar-refractivity contribution in [2.45, 2.75) is 77.6 Å². The van der Waals surface area contributed by atoms with E-state index in [9.17, 15) is 15.3 Å². The standard InChI is InChI=1S/C20H32O3/c1-13-11-19-10-7-15-17(2,16(19)6-5-14(13)12-19)8-4-9-18(15,3)20(21,22)23/h14-16,21-23H,1,4-12H2,2-3H3/t14-,15+,16+,17-,18+,19-/m1/s1. The Kier molecular flexibility index (Phi) is 3.23. The fraction of sp³-hybridized carbons (Fsp3) is 0.900. The van der Waals surface area contributed by atoms with Gasteiger partial charge in [-0.05, 0) is 80.0 Å². The van der Waals surface area contributed by atoms with Crippen LogP contribution >= 0.6 is 0 Å². The Morgan fingerprint density at radius 3 is 2.43 bits per heavy atom. The maximum Gasteiger partial charge on any atom is 0.281 e. The smallest absolute Gasteiger partial charge is 0.281 e. The molecule has 0 radical (unpaired) electrons. The highest BCUT2D eigenvalue weighted by molar-refractivity contribution is 5.22. The van der Waals surface area contributed by atoms with E-state index in [-0.39, 0.29) is 11.3 Å². The van der Waals surface area contributed by atoms with E-state index in [0.717, 1.165) is 25.2 Å². The molecular weight excluding hydrogens is 288 g/mol. The zero-order valence-electron chi connectivity index (χ0n) is 14.6. The van der Waals surface area contributed by atoms with Crippen LogP contribution in [0.3, 0.4) is 0 Å². The average molecular weight is 320 g/mol. The SMILES string of the molecule is C=C1C[C@@]23CC[C@H]4[C@@](C)(CCC[C@]4(C)C(O)(O)O)[C@@H]2CC[C@@H]1C3. The van der Waals surface area contributed by atoms with Crippen LogP contribution in [0.1, 0.15) is 71.6 Å². The summed E-state index contributed by atoms with van der Waals surface area (Å²) in [4.78, 5) is 0. The van der Waals surface area contributed by atoms with E-state index in [2.05, 4.69) is 13.5 Å². The largest absolute Gasteiger partial charge is 0.343 e. The minimum atomic E-state index is -2.57. The van der Waals surface area contributed by atoms with Crippen molar-refractivity contribution in [1.82, 2.24) is 0 Å². The highest BCUT2D eigenvalue weighted by Gasteiger charge is 2.66. The molecular formula is C20H32O3. The lowest BCUT2D eigenvalue weighted by Crippen LogP contribution is -2.62. The third-order valence-electron chi connectivity index (χ3n) is 8.82. The van der Waals surface area contributed by atoms with E-state index in [0.29, 0.717) is 17.8 Å². The van der Waals surface area contributed by atoms with E-state index < -0.39 is 11.4 Å². The summed E-state index contributed by atoms with van der Waals surface area (Å²) in [7, 11) is 0. The van der Waals surface area contributed by atoms with Gasteiger partial charge in [-0.15, -0.1) is 0 Å². The fourth-order valence-corrected chi connectivity index (χ4v) is 7.75. The molecule has 0 saturated heterocycles. The lowest BCUT2D eigenvalue weighted by molar-refractivity contribution is -0.399. The molecule has 4 aliphatic carbocycles. The second-order valence-electron chi connectivity index (χ2n) is 9.73. The first kappa shape index (κ1) is 16.1. The van der Waals surface area contributed by atoms with E-state index in [1.807, 2.05) is 6.92 Å². The molecule has 4 fully saturated rings. The normalized spacial score (nSPS) is 52.9. The molecule has 0 heterocycles. The molecule has 3 nitrogen and oxygen atoms in total. The molecule has 0 amide bonds. The van der Waals surface area contributed by atoms with E-state index in [1.54, 1.807) is 0 Å². The van der Waals surface area contributed by atoms with Crippen molar-refractivity contribution < 1.29 is 15.3 Å². The second kappa shape index (κ2) is 4.62. The maximum atomic E-state index is 10.1. The molecule has 4 saturated carbocycles. The van der Waals surface area contributed by atoms with Gasteiger partial charge >= 0.3 is 0 Å². The van der Waals surface area contributed by atoms with Crippen LogP contribution in [0.2, 0.25) is 0 Å². The number of rotatable bonds is 1. The molecule has 0 aromatic rings. The van der Waals surface area contributed by atoms with Gasteiger partial charge in [0, 0.05) is 0 Å². The molecule has 2 bridgehead atoms. The predicted octanol–water partition coefficient (Wildman–Crippen LogP) is 3.59. The lowest BCUT2D eigenvalue weighted by atomic mass is 9.40. The van der Waals surface area contributed by atoms with Gasteiger partial charge in [-0.25, -0.2) is 0 Å². The monoisotopic (exact) mass is 320 g/mol. The zero-order chi connectivity index (χ0) is 16.7. The Labute approximate surface area is 139 Å². The van der Waals surface area contributed by atoms with Gasteiger partial charge in [0.1, 0.15) is 0 Å². The molecule has 4 aliphatic rings. The molecule has 23 heavy (non-hydrogen) atoms. The molecule has 0 aromatic carbocycles. The second-order valence-corrected chi connectivity index (χ2v) is 9.73. The van der Waals surface area contributed by atoms with Crippen molar-refractivity contribution in [3.05, 3.63) is 12.2 Å². The molecule has 3 N–H and O–H groups in total. The van der Waals surface area contributed by atoms with Gasteiger partial charge in [0.25, 0.3) is 5.97 Å². The summed E-state index contributed by atoms with van der Waals surface area (Å²) >= 11 is 0. The van der Waals surface area contributed by atoms with Crippen molar-refractivity contribution in [3.8, 4) is 0 Å². The Morgan fingerprint density at radius 1 is 1.00 bits per heavy atom. The van der Waals surface area contributed by atoms with Crippen molar-refractivity contribution in [3.63, 3.8) is 0 Å². The minimum Gasteiger partial charge on any atom is -0.343 e. The summed E-state index contributed by atoms with van der Waals surface area (Å²) in [5.41, 5.74) is 1.18. The first-order chi connectivity index (χ1) is 10.6. The Morgan fingerprint density at radius 2 is 1.74 bits per heavy atom. The van der Waals surface area contributed by atoms with Gasteiger partial charge in [0.05, 0.1) is 5.41 Å². The Balaban J connectivity index is 1.75. The summed E-state index contributed by atoms with van der Waals surface area (Å²) in [5.74, 6) is -1.01. The van der Waals surface area contributed by atoms with Crippen LogP contribution in [0.15, 0.2) is 12.2 Å². The van der Waals surface area contributed by atoms with Crippen molar-refractivity contribution in [2.24, 2.45) is 34.0 Å². The van der Waals surface area contributed by atoms with E-state index in [1.165, 1.54) is 37.7 Å². The predicted molar refractivity (Wildman–Crippen MR) is 89.2 cm³/mol. The fourth-order valence-electron chi connectivity index (χ4n) is 7.75. The molecule has 6 atom stereocenters. The first-order valence-electron chi connectivity index (χ1n) is 9.47. The average Bonchev–Trinajstić information content (AvgIpc) is 2.67. The summed E-state index contributed by atoms with van der Waals surface area (Å²) in [6, 6.07) is 0. The summed E-state index contributed by atoms with van der Waals surface area (Å²) in [5, 5.41) is 30.4. The van der Waals surface area contributed by atoms with Gasteiger partial charge in [0.2, 0.25) is 0 Å².